The van der Waals surface area contributed by atoms with E-state index in [1.807, 2.05) is 0 Å². The van der Waals surface area contributed by atoms with E-state index in [9.17, 15) is 13.2 Å². The Bertz CT molecular complexity index is 599. The van der Waals surface area contributed by atoms with Crippen molar-refractivity contribution in [1.82, 2.24) is 5.32 Å². The average Bonchev–Trinajstić information content (AvgIpc) is 2.30. The molecular formula is C11H16BrN3O3S. The van der Waals surface area contributed by atoms with Gasteiger partial charge >= 0.3 is 0 Å². The normalized spacial score (nSPS) is 12.3. The van der Waals surface area contributed by atoms with Gasteiger partial charge in [-0.1, -0.05) is 0 Å². The summed E-state index contributed by atoms with van der Waals surface area (Å²) in [5.74, 6) is -0.237. The number of nitrogens with one attached hydrogen (secondary N) is 2. The van der Waals surface area contributed by atoms with Gasteiger partial charge in [-0.15, -0.1) is 0 Å². The summed E-state index contributed by atoms with van der Waals surface area (Å²) in [6.07, 6.45) is 0. The first kappa shape index (κ1) is 16.1. The summed E-state index contributed by atoms with van der Waals surface area (Å²) in [6.45, 7) is 3.46. The molecule has 0 spiro atoms. The van der Waals surface area contributed by atoms with Crippen molar-refractivity contribution in [2.24, 2.45) is 5.14 Å². The van der Waals surface area contributed by atoms with Crippen molar-refractivity contribution in [3.05, 3.63) is 22.7 Å². The van der Waals surface area contributed by atoms with Gasteiger partial charge in [0, 0.05) is 4.47 Å². The van der Waals surface area contributed by atoms with E-state index < -0.39 is 15.6 Å². The first-order valence-corrected chi connectivity index (χ1v) is 7.74. The Morgan fingerprint density at radius 3 is 2.37 bits per heavy atom. The van der Waals surface area contributed by atoms with E-state index in [1.54, 1.807) is 20.9 Å². The van der Waals surface area contributed by atoms with Crippen molar-refractivity contribution in [3.8, 4) is 0 Å². The molecule has 0 heterocycles. The second kappa shape index (κ2) is 5.58. The molecule has 8 heteroatoms. The fourth-order valence-electron chi connectivity index (χ4n) is 1.17. The van der Waals surface area contributed by atoms with Gasteiger partial charge in [0.15, 0.2) is 0 Å². The number of rotatable bonds is 4. The van der Waals surface area contributed by atoms with E-state index in [1.165, 1.54) is 18.2 Å². The lowest BCUT2D eigenvalue weighted by molar-refractivity contribution is -0.121. The highest BCUT2D eigenvalue weighted by Gasteiger charge is 2.25. The summed E-state index contributed by atoms with van der Waals surface area (Å²) in [6, 6.07) is 4.16. The molecule has 6 nitrogen and oxygen atoms in total. The highest BCUT2D eigenvalue weighted by atomic mass is 79.9. The molecule has 1 aromatic rings. The zero-order valence-corrected chi connectivity index (χ0v) is 13.2. The molecule has 1 rings (SSSR count). The third-order valence-electron chi connectivity index (χ3n) is 2.71. The molecule has 19 heavy (non-hydrogen) atoms. The number of benzene rings is 1. The highest BCUT2D eigenvalue weighted by molar-refractivity contribution is 9.10. The fourth-order valence-corrected chi connectivity index (χ4v) is 2.34. The number of likely N-dealkylation sites (N-methyl/N-ethyl adjacent to an activating group) is 1. The minimum Gasteiger partial charge on any atom is -0.323 e. The minimum absolute atomic E-state index is 0.0229. The molecule has 0 aromatic heterocycles. The van der Waals surface area contributed by atoms with Crippen molar-refractivity contribution in [2.75, 3.05) is 12.4 Å². The second-order valence-electron chi connectivity index (χ2n) is 4.52. The van der Waals surface area contributed by atoms with Crippen LogP contribution in [-0.2, 0) is 14.8 Å². The molecule has 0 aliphatic carbocycles. The fraction of sp³-hybridized carbons (Fsp3) is 0.364. The number of primary sulfonamides is 1. The molecule has 0 aliphatic heterocycles. The van der Waals surface area contributed by atoms with Crippen molar-refractivity contribution in [1.29, 1.82) is 0 Å². The predicted molar refractivity (Wildman–Crippen MR) is 77.3 cm³/mol. The van der Waals surface area contributed by atoms with Crippen LogP contribution in [-0.4, -0.2) is 26.9 Å². The zero-order chi connectivity index (χ0) is 14.8. The first-order chi connectivity index (χ1) is 8.58. The lowest BCUT2D eigenvalue weighted by Gasteiger charge is -2.23. The SMILES string of the molecule is CNC(C)(C)C(=O)Nc1ccc(S(N)(=O)=O)cc1Br. The van der Waals surface area contributed by atoms with Crippen molar-refractivity contribution in [2.45, 2.75) is 24.3 Å². The number of nitrogens with two attached hydrogens (primary N) is 1. The molecule has 106 valence electrons. The smallest absolute Gasteiger partial charge is 0.244 e. The summed E-state index contributed by atoms with van der Waals surface area (Å²) < 4.78 is 22.8. The predicted octanol–water partition coefficient (Wildman–Crippen LogP) is 1.03. The number of carbonyl (C=O) groups excluding carboxylic acids is 1. The van der Waals surface area contributed by atoms with Gasteiger partial charge < -0.3 is 10.6 Å². The van der Waals surface area contributed by atoms with Crippen LogP contribution in [0.5, 0.6) is 0 Å². The van der Waals surface area contributed by atoms with Gasteiger partial charge in [0.05, 0.1) is 16.1 Å². The number of sulfonamides is 1. The van der Waals surface area contributed by atoms with Gasteiger partial charge in [-0.3, -0.25) is 4.79 Å². The monoisotopic (exact) mass is 349 g/mol. The summed E-state index contributed by atoms with van der Waals surface area (Å²) >= 11 is 3.20. The van der Waals surface area contributed by atoms with E-state index in [4.69, 9.17) is 5.14 Å². The molecule has 0 unspecified atom stereocenters. The number of hydrogen-bond acceptors (Lipinski definition) is 4. The number of hydrogen-bond donors (Lipinski definition) is 3. The van der Waals surface area contributed by atoms with Crippen LogP contribution in [0.3, 0.4) is 0 Å². The van der Waals surface area contributed by atoms with Crippen LogP contribution in [0.15, 0.2) is 27.6 Å². The molecule has 1 amide bonds. The standard InChI is InChI=1S/C11H16BrN3O3S/c1-11(2,14-3)10(16)15-9-5-4-7(6-8(9)12)19(13,17)18/h4-6,14H,1-3H3,(H,15,16)(H2,13,17,18). The topological polar surface area (TPSA) is 101 Å². The third kappa shape index (κ3) is 4.00. The van der Waals surface area contributed by atoms with Gasteiger partial charge in [0.25, 0.3) is 0 Å². The van der Waals surface area contributed by atoms with Crippen LogP contribution in [0.25, 0.3) is 0 Å². The Labute approximate surface area is 120 Å². The Morgan fingerprint density at radius 2 is 1.95 bits per heavy atom. The number of amides is 1. The second-order valence-corrected chi connectivity index (χ2v) is 6.93. The number of anilines is 1. The van der Waals surface area contributed by atoms with Gasteiger partial charge in [-0.25, -0.2) is 13.6 Å². The number of halogens is 1. The van der Waals surface area contributed by atoms with Crippen LogP contribution in [0.1, 0.15) is 13.8 Å². The van der Waals surface area contributed by atoms with Gasteiger partial charge in [-0.05, 0) is 55.0 Å². The quantitative estimate of drug-likeness (QED) is 0.755. The molecule has 0 radical (unpaired) electrons. The van der Waals surface area contributed by atoms with E-state index >= 15 is 0 Å². The largest absolute Gasteiger partial charge is 0.323 e. The Balaban J connectivity index is 3.03. The van der Waals surface area contributed by atoms with Crippen molar-refractivity contribution < 1.29 is 13.2 Å². The number of carbonyl (C=O) groups is 1. The molecule has 0 saturated carbocycles. The van der Waals surface area contributed by atoms with Crippen LogP contribution in [0.4, 0.5) is 5.69 Å². The summed E-state index contributed by atoms with van der Waals surface area (Å²) in [7, 11) is -2.08. The molecule has 0 atom stereocenters. The summed E-state index contributed by atoms with van der Waals surface area (Å²) in [5, 5.41) is 10.6. The minimum atomic E-state index is -3.76. The first-order valence-electron chi connectivity index (χ1n) is 5.40. The van der Waals surface area contributed by atoms with Gasteiger partial charge in [-0.2, -0.15) is 0 Å². The van der Waals surface area contributed by atoms with E-state index in [2.05, 4.69) is 26.6 Å². The zero-order valence-electron chi connectivity index (χ0n) is 10.8. The lowest BCUT2D eigenvalue weighted by atomic mass is 10.1. The molecule has 0 fully saturated rings. The third-order valence-corrected chi connectivity index (χ3v) is 4.28. The highest BCUT2D eigenvalue weighted by Crippen LogP contribution is 2.26. The molecule has 0 aliphatic rings. The molecule has 1 aromatic carbocycles. The Morgan fingerprint density at radius 1 is 1.37 bits per heavy atom. The molecule has 0 bridgehead atoms. The van der Waals surface area contributed by atoms with E-state index in [0.29, 0.717) is 10.2 Å². The Kier molecular flexibility index (Phi) is 4.72. The average molecular weight is 350 g/mol. The molecule has 4 N–H and O–H groups in total. The van der Waals surface area contributed by atoms with Gasteiger partial charge in [0.1, 0.15) is 0 Å². The van der Waals surface area contributed by atoms with E-state index in [-0.39, 0.29) is 10.8 Å². The maximum absolute atomic E-state index is 12.0. The van der Waals surface area contributed by atoms with Gasteiger partial charge in [0.2, 0.25) is 15.9 Å². The van der Waals surface area contributed by atoms with Crippen LogP contribution < -0.4 is 15.8 Å². The summed E-state index contributed by atoms with van der Waals surface area (Å²) in [4.78, 5) is 11.9. The maximum Gasteiger partial charge on any atom is 0.244 e. The van der Waals surface area contributed by atoms with Crippen molar-refractivity contribution >= 4 is 37.5 Å². The molecular weight excluding hydrogens is 334 g/mol. The van der Waals surface area contributed by atoms with Crippen LogP contribution in [0.2, 0.25) is 0 Å². The summed E-state index contributed by atoms with van der Waals surface area (Å²) in [5.41, 5.74) is -0.265. The maximum atomic E-state index is 12.0. The molecule has 0 saturated heterocycles. The van der Waals surface area contributed by atoms with Crippen LogP contribution >= 0.6 is 15.9 Å². The van der Waals surface area contributed by atoms with Crippen LogP contribution in [0, 0.1) is 0 Å². The Hall–Kier alpha value is -0.960. The van der Waals surface area contributed by atoms with Crippen molar-refractivity contribution in [3.63, 3.8) is 0 Å². The van der Waals surface area contributed by atoms with E-state index in [0.717, 1.165) is 0 Å². The lowest BCUT2D eigenvalue weighted by Crippen LogP contribution is -2.47.